The molecule has 1 amide bonds. The molecule has 0 aliphatic rings. The number of amides is 1. The molecule has 86 valence electrons. The van der Waals surface area contributed by atoms with Gasteiger partial charge < -0.3 is 5.32 Å². The number of hydrogen-bond acceptors (Lipinski definition) is 5. The number of halogens is 1. The van der Waals surface area contributed by atoms with Gasteiger partial charge in [-0.1, -0.05) is 15.9 Å². The molecule has 6 nitrogen and oxygen atoms in total. The normalized spacial score (nSPS) is 9.94. The van der Waals surface area contributed by atoms with Gasteiger partial charge in [0.25, 0.3) is 0 Å². The van der Waals surface area contributed by atoms with E-state index in [2.05, 4.69) is 41.2 Å². The third kappa shape index (κ3) is 2.82. The second-order valence-corrected chi connectivity index (χ2v) is 3.59. The standard InChI is InChI=1S/C10H8BrN5O/c11-5-8(17)16-10-9(14-3-4-15-10)7-6-12-1-2-13-7/h1-4,6H,5H2,(H,15,16,17). The lowest BCUT2D eigenvalue weighted by Crippen LogP contribution is -2.14. The van der Waals surface area contributed by atoms with Gasteiger partial charge in [0.05, 0.1) is 11.5 Å². The molecule has 0 atom stereocenters. The van der Waals surface area contributed by atoms with Gasteiger partial charge in [0.2, 0.25) is 5.91 Å². The summed E-state index contributed by atoms with van der Waals surface area (Å²) in [6.45, 7) is 0. The quantitative estimate of drug-likeness (QED) is 0.862. The number of alkyl halides is 1. The molecular formula is C10H8BrN5O. The lowest BCUT2D eigenvalue weighted by Gasteiger charge is -2.06. The number of nitrogens with one attached hydrogen (secondary N) is 1. The van der Waals surface area contributed by atoms with Crippen molar-refractivity contribution in [2.45, 2.75) is 0 Å². The van der Waals surface area contributed by atoms with Crippen LogP contribution in [0.5, 0.6) is 0 Å². The maximum atomic E-state index is 11.3. The van der Waals surface area contributed by atoms with E-state index in [9.17, 15) is 4.79 Å². The van der Waals surface area contributed by atoms with Gasteiger partial charge in [-0.2, -0.15) is 0 Å². The molecule has 0 unspecified atom stereocenters. The predicted molar refractivity (Wildman–Crippen MR) is 65.5 cm³/mol. The molecule has 17 heavy (non-hydrogen) atoms. The lowest BCUT2D eigenvalue weighted by atomic mass is 10.3. The van der Waals surface area contributed by atoms with Crippen molar-refractivity contribution >= 4 is 27.7 Å². The average Bonchev–Trinajstić information content (AvgIpc) is 2.40. The Hall–Kier alpha value is -1.89. The first-order chi connectivity index (χ1) is 8.31. The Morgan fingerprint density at radius 3 is 2.65 bits per heavy atom. The largest absolute Gasteiger partial charge is 0.308 e. The highest BCUT2D eigenvalue weighted by Crippen LogP contribution is 2.20. The molecule has 0 aliphatic heterocycles. The zero-order chi connectivity index (χ0) is 12.1. The molecule has 7 heteroatoms. The van der Waals surface area contributed by atoms with Crippen LogP contribution in [0.2, 0.25) is 0 Å². The summed E-state index contributed by atoms with van der Waals surface area (Å²) in [5.41, 5.74) is 1.06. The summed E-state index contributed by atoms with van der Waals surface area (Å²) in [5, 5.41) is 2.83. The molecule has 0 saturated carbocycles. The molecule has 2 heterocycles. The number of carbonyl (C=O) groups excluding carboxylic acids is 1. The van der Waals surface area contributed by atoms with Gasteiger partial charge >= 0.3 is 0 Å². The number of rotatable bonds is 3. The van der Waals surface area contributed by atoms with Crippen LogP contribution in [0.1, 0.15) is 0 Å². The van der Waals surface area contributed by atoms with Crippen LogP contribution in [0, 0.1) is 0 Å². The Labute approximate surface area is 106 Å². The maximum Gasteiger partial charge on any atom is 0.236 e. The van der Waals surface area contributed by atoms with Crippen LogP contribution in [0.4, 0.5) is 5.82 Å². The molecule has 0 radical (unpaired) electrons. The zero-order valence-corrected chi connectivity index (χ0v) is 10.3. The first-order valence-corrected chi connectivity index (χ1v) is 5.86. The molecular weight excluding hydrogens is 286 g/mol. The van der Waals surface area contributed by atoms with E-state index in [1.165, 1.54) is 12.4 Å². The minimum atomic E-state index is -0.198. The Morgan fingerprint density at radius 2 is 1.94 bits per heavy atom. The summed E-state index contributed by atoms with van der Waals surface area (Å²) in [6.07, 6.45) is 7.72. The lowest BCUT2D eigenvalue weighted by molar-refractivity contribution is -0.113. The fraction of sp³-hybridized carbons (Fsp3) is 0.100. The van der Waals surface area contributed by atoms with Crippen LogP contribution in [0.25, 0.3) is 11.4 Å². The van der Waals surface area contributed by atoms with Crippen LogP contribution in [0.3, 0.4) is 0 Å². The highest BCUT2D eigenvalue weighted by Gasteiger charge is 2.11. The van der Waals surface area contributed by atoms with Crippen LogP contribution in [0.15, 0.2) is 31.0 Å². The van der Waals surface area contributed by atoms with Crippen LogP contribution >= 0.6 is 15.9 Å². The number of hydrogen-bond donors (Lipinski definition) is 1. The molecule has 0 spiro atoms. The number of nitrogens with zero attached hydrogens (tertiary/aromatic N) is 4. The van der Waals surface area contributed by atoms with Crippen molar-refractivity contribution in [2.24, 2.45) is 0 Å². The van der Waals surface area contributed by atoms with Gasteiger partial charge in [0.15, 0.2) is 5.82 Å². The summed E-state index contributed by atoms with van der Waals surface area (Å²) in [5.74, 6) is 0.174. The zero-order valence-electron chi connectivity index (χ0n) is 8.67. The van der Waals surface area contributed by atoms with Crippen molar-refractivity contribution in [3.63, 3.8) is 0 Å². The summed E-state index contributed by atoms with van der Waals surface area (Å²) in [6, 6.07) is 0. The second-order valence-electron chi connectivity index (χ2n) is 3.03. The average molecular weight is 294 g/mol. The topological polar surface area (TPSA) is 80.7 Å². The highest BCUT2D eigenvalue weighted by atomic mass is 79.9. The first-order valence-electron chi connectivity index (χ1n) is 4.74. The monoisotopic (exact) mass is 293 g/mol. The van der Waals surface area contributed by atoms with Gasteiger partial charge in [-0.05, 0) is 0 Å². The third-order valence-corrected chi connectivity index (χ3v) is 2.39. The van der Waals surface area contributed by atoms with Crippen molar-refractivity contribution < 1.29 is 4.79 Å². The van der Waals surface area contributed by atoms with E-state index < -0.39 is 0 Å². The molecule has 0 saturated heterocycles. The molecule has 1 N–H and O–H groups in total. The minimum Gasteiger partial charge on any atom is -0.308 e. The number of aromatic nitrogens is 4. The van der Waals surface area contributed by atoms with Gasteiger partial charge in [0, 0.05) is 24.8 Å². The van der Waals surface area contributed by atoms with Crippen molar-refractivity contribution in [2.75, 3.05) is 10.6 Å². The summed E-state index contributed by atoms with van der Waals surface area (Å²) in [4.78, 5) is 27.6. The van der Waals surface area contributed by atoms with Gasteiger partial charge in [-0.25, -0.2) is 9.97 Å². The smallest absolute Gasteiger partial charge is 0.236 e. The van der Waals surface area contributed by atoms with E-state index >= 15 is 0 Å². The van der Waals surface area contributed by atoms with Crippen molar-refractivity contribution in [3.05, 3.63) is 31.0 Å². The first kappa shape index (κ1) is 11.6. The molecule has 0 aromatic carbocycles. The summed E-state index contributed by atoms with van der Waals surface area (Å²) in [7, 11) is 0. The summed E-state index contributed by atoms with van der Waals surface area (Å²) >= 11 is 3.06. The number of carbonyl (C=O) groups is 1. The van der Waals surface area contributed by atoms with Gasteiger partial charge in [-0.3, -0.25) is 14.8 Å². The SMILES string of the molecule is O=C(CBr)Nc1nccnc1-c1cnccn1. The minimum absolute atomic E-state index is 0.198. The van der Waals surface area contributed by atoms with E-state index in [1.54, 1.807) is 18.6 Å². The van der Waals surface area contributed by atoms with Crippen LogP contribution in [-0.4, -0.2) is 31.2 Å². The molecule has 0 fully saturated rings. The Morgan fingerprint density at radius 1 is 1.18 bits per heavy atom. The Bertz CT molecular complexity index is 519. The van der Waals surface area contributed by atoms with Gasteiger partial charge in [0.1, 0.15) is 11.4 Å². The van der Waals surface area contributed by atoms with Crippen LogP contribution < -0.4 is 5.32 Å². The van der Waals surface area contributed by atoms with Gasteiger partial charge in [-0.15, -0.1) is 0 Å². The summed E-state index contributed by atoms with van der Waals surface area (Å²) < 4.78 is 0. The van der Waals surface area contributed by atoms with Crippen LogP contribution in [-0.2, 0) is 4.79 Å². The van der Waals surface area contributed by atoms with E-state index in [0.29, 0.717) is 17.2 Å². The van der Waals surface area contributed by atoms with Crippen molar-refractivity contribution in [1.82, 2.24) is 19.9 Å². The molecule has 0 aliphatic carbocycles. The van der Waals surface area contributed by atoms with Crippen molar-refractivity contribution in [3.8, 4) is 11.4 Å². The molecule has 0 bridgehead atoms. The molecule has 2 aromatic rings. The molecule has 2 aromatic heterocycles. The predicted octanol–water partition coefficient (Wildman–Crippen LogP) is 1.27. The Balaban J connectivity index is 2.38. The van der Waals surface area contributed by atoms with Crippen molar-refractivity contribution in [1.29, 1.82) is 0 Å². The van der Waals surface area contributed by atoms with E-state index in [1.807, 2.05) is 0 Å². The Kier molecular flexibility index (Phi) is 3.71. The van der Waals surface area contributed by atoms with E-state index in [-0.39, 0.29) is 11.2 Å². The second kappa shape index (κ2) is 5.44. The third-order valence-electron chi connectivity index (χ3n) is 1.88. The van der Waals surface area contributed by atoms with E-state index in [4.69, 9.17) is 0 Å². The number of anilines is 1. The fourth-order valence-electron chi connectivity index (χ4n) is 1.20. The fourth-order valence-corrected chi connectivity index (χ4v) is 1.34. The van der Waals surface area contributed by atoms with E-state index in [0.717, 1.165) is 0 Å². The molecule has 2 rings (SSSR count). The maximum absolute atomic E-state index is 11.3. The highest BCUT2D eigenvalue weighted by molar-refractivity contribution is 9.09.